The summed E-state index contributed by atoms with van der Waals surface area (Å²) in [6.07, 6.45) is 6.70. The molecule has 1 heterocycles. The largest absolute Gasteiger partial charge is 0.356 e. The van der Waals surface area contributed by atoms with E-state index in [1.807, 2.05) is 0 Å². The quantitative estimate of drug-likeness (QED) is 0.796. The Bertz CT molecular complexity index is 467. The van der Waals surface area contributed by atoms with E-state index < -0.39 is 0 Å². The van der Waals surface area contributed by atoms with Gasteiger partial charge in [-0.3, -0.25) is 0 Å². The lowest BCUT2D eigenvalue weighted by Gasteiger charge is -2.26. The highest BCUT2D eigenvalue weighted by Gasteiger charge is 2.30. The van der Waals surface area contributed by atoms with E-state index in [0.717, 1.165) is 36.3 Å². The van der Waals surface area contributed by atoms with Gasteiger partial charge in [0, 0.05) is 31.2 Å². The molecule has 3 nitrogen and oxygen atoms in total. The molecular formula is C17H26FN3. The molecule has 1 N–H and O–H groups in total. The van der Waals surface area contributed by atoms with Crippen LogP contribution in [0.4, 0.5) is 10.2 Å². The molecule has 2 aliphatic rings. The predicted octanol–water partition coefficient (Wildman–Crippen LogP) is 3.35. The van der Waals surface area contributed by atoms with Crippen molar-refractivity contribution in [2.24, 2.45) is 11.8 Å². The Balaban J connectivity index is 1.78. The molecule has 1 aromatic heterocycles. The normalized spacial score (nSPS) is 18.3. The number of halogens is 1. The molecule has 21 heavy (non-hydrogen) atoms. The van der Waals surface area contributed by atoms with Crippen LogP contribution in [0.3, 0.4) is 0 Å². The molecule has 0 aromatic carbocycles. The van der Waals surface area contributed by atoms with Crippen molar-refractivity contribution < 1.29 is 4.39 Å². The number of hydrogen-bond acceptors (Lipinski definition) is 3. The molecule has 0 radical (unpaired) electrons. The molecule has 0 spiro atoms. The molecule has 0 saturated heterocycles. The Hall–Kier alpha value is -1.16. The maximum atomic E-state index is 13.6. The van der Waals surface area contributed by atoms with E-state index >= 15 is 0 Å². The van der Waals surface area contributed by atoms with Crippen LogP contribution in [0.15, 0.2) is 12.3 Å². The van der Waals surface area contributed by atoms with Crippen LogP contribution in [0.1, 0.15) is 45.1 Å². The van der Waals surface area contributed by atoms with Gasteiger partial charge >= 0.3 is 0 Å². The maximum absolute atomic E-state index is 13.6. The van der Waals surface area contributed by atoms with Gasteiger partial charge in [0.2, 0.25) is 0 Å². The maximum Gasteiger partial charge on any atom is 0.141 e. The van der Waals surface area contributed by atoms with Gasteiger partial charge in [-0.2, -0.15) is 0 Å². The van der Waals surface area contributed by atoms with E-state index in [9.17, 15) is 4.39 Å². The minimum absolute atomic E-state index is 0.239. The number of anilines is 1. The molecule has 0 aliphatic heterocycles. The standard InChI is InChI=1S/C17H26FN3/c1-12(2)19-8-15-7-16(18)9-20-17(15)21(10-13-3-4-13)11-14-5-6-14/h7,9,12-14,19H,3-6,8,10-11H2,1-2H3. The van der Waals surface area contributed by atoms with Gasteiger partial charge in [0.1, 0.15) is 11.6 Å². The summed E-state index contributed by atoms with van der Waals surface area (Å²) in [6.45, 7) is 7.08. The second-order valence-electron chi connectivity index (χ2n) is 6.96. The van der Waals surface area contributed by atoms with E-state index in [1.54, 1.807) is 6.07 Å². The van der Waals surface area contributed by atoms with E-state index in [2.05, 4.69) is 29.0 Å². The van der Waals surface area contributed by atoms with Crippen molar-refractivity contribution in [2.75, 3.05) is 18.0 Å². The lowest BCUT2D eigenvalue weighted by atomic mass is 10.2. The number of pyridine rings is 1. The first kappa shape index (κ1) is 14.8. The Morgan fingerprint density at radius 2 is 1.86 bits per heavy atom. The van der Waals surface area contributed by atoms with Gasteiger partial charge in [0.05, 0.1) is 6.20 Å². The summed E-state index contributed by atoms with van der Waals surface area (Å²) in [5, 5.41) is 3.39. The highest BCUT2D eigenvalue weighted by Crippen LogP contribution is 2.36. The molecule has 2 saturated carbocycles. The lowest BCUT2D eigenvalue weighted by molar-refractivity contribution is 0.573. The van der Waals surface area contributed by atoms with Gasteiger partial charge in [0.15, 0.2) is 0 Å². The van der Waals surface area contributed by atoms with E-state index in [1.165, 1.54) is 31.9 Å². The topological polar surface area (TPSA) is 28.2 Å². The first-order valence-electron chi connectivity index (χ1n) is 8.24. The summed E-state index contributed by atoms with van der Waals surface area (Å²) in [6, 6.07) is 2.03. The second-order valence-corrected chi connectivity index (χ2v) is 6.96. The fraction of sp³-hybridized carbons (Fsp3) is 0.706. The van der Waals surface area contributed by atoms with Crippen LogP contribution in [0.5, 0.6) is 0 Å². The monoisotopic (exact) mass is 291 g/mol. The van der Waals surface area contributed by atoms with Gasteiger partial charge in [-0.1, -0.05) is 13.8 Å². The van der Waals surface area contributed by atoms with Crippen molar-refractivity contribution in [3.8, 4) is 0 Å². The third kappa shape index (κ3) is 4.40. The zero-order valence-corrected chi connectivity index (χ0v) is 13.1. The van der Waals surface area contributed by atoms with Gasteiger partial charge < -0.3 is 10.2 Å². The Labute approximate surface area is 126 Å². The summed E-state index contributed by atoms with van der Waals surface area (Å²) < 4.78 is 13.6. The van der Waals surface area contributed by atoms with Crippen LogP contribution < -0.4 is 10.2 Å². The molecule has 116 valence electrons. The lowest BCUT2D eigenvalue weighted by Crippen LogP contribution is -2.31. The molecular weight excluding hydrogens is 265 g/mol. The number of rotatable bonds is 8. The molecule has 0 atom stereocenters. The van der Waals surface area contributed by atoms with Crippen molar-refractivity contribution in [1.29, 1.82) is 0 Å². The van der Waals surface area contributed by atoms with Gasteiger partial charge in [0.25, 0.3) is 0 Å². The molecule has 2 aliphatic carbocycles. The fourth-order valence-electron chi connectivity index (χ4n) is 2.67. The molecule has 0 amide bonds. The average molecular weight is 291 g/mol. The van der Waals surface area contributed by atoms with Gasteiger partial charge in [-0.25, -0.2) is 9.37 Å². The van der Waals surface area contributed by atoms with E-state index in [-0.39, 0.29) is 5.82 Å². The van der Waals surface area contributed by atoms with Crippen molar-refractivity contribution in [1.82, 2.24) is 10.3 Å². The zero-order chi connectivity index (χ0) is 14.8. The Morgan fingerprint density at radius 3 is 2.38 bits per heavy atom. The van der Waals surface area contributed by atoms with Crippen molar-refractivity contribution in [3.63, 3.8) is 0 Å². The second kappa shape index (κ2) is 6.30. The average Bonchev–Trinajstić information content (AvgIpc) is 3.31. The third-order valence-electron chi connectivity index (χ3n) is 4.26. The summed E-state index contributed by atoms with van der Waals surface area (Å²) in [5.41, 5.74) is 0.991. The SMILES string of the molecule is CC(C)NCc1cc(F)cnc1N(CC1CC1)CC1CC1. The smallest absolute Gasteiger partial charge is 0.141 e. The van der Waals surface area contributed by atoms with Gasteiger partial charge in [-0.05, 0) is 43.6 Å². The summed E-state index contributed by atoms with van der Waals surface area (Å²) in [7, 11) is 0. The number of nitrogens with zero attached hydrogens (tertiary/aromatic N) is 2. The fourth-order valence-corrected chi connectivity index (χ4v) is 2.67. The van der Waals surface area contributed by atoms with Crippen molar-refractivity contribution in [3.05, 3.63) is 23.6 Å². The van der Waals surface area contributed by atoms with Gasteiger partial charge in [-0.15, -0.1) is 0 Å². The molecule has 2 fully saturated rings. The number of hydrogen-bond donors (Lipinski definition) is 1. The van der Waals surface area contributed by atoms with Crippen LogP contribution in [-0.4, -0.2) is 24.1 Å². The molecule has 3 rings (SSSR count). The predicted molar refractivity (Wildman–Crippen MR) is 83.8 cm³/mol. The summed E-state index contributed by atoms with van der Waals surface area (Å²) in [4.78, 5) is 6.84. The third-order valence-corrected chi connectivity index (χ3v) is 4.26. The van der Waals surface area contributed by atoms with Crippen LogP contribution >= 0.6 is 0 Å². The zero-order valence-electron chi connectivity index (χ0n) is 13.1. The number of aromatic nitrogens is 1. The highest BCUT2D eigenvalue weighted by atomic mass is 19.1. The van der Waals surface area contributed by atoms with E-state index in [4.69, 9.17) is 0 Å². The van der Waals surface area contributed by atoms with E-state index in [0.29, 0.717) is 12.6 Å². The van der Waals surface area contributed by atoms with Crippen LogP contribution in [0, 0.1) is 17.7 Å². The van der Waals surface area contributed by atoms with Crippen LogP contribution in [0.25, 0.3) is 0 Å². The Kier molecular flexibility index (Phi) is 4.43. The van der Waals surface area contributed by atoms with Crippen molar-refractivity contribution in [2.45, 2.75) is 52.1 Å². The Morgan fingerprint density at radius 1 is 1.24 bits per heavy atom. The van der Waals surface area contributed by atoms with Crippen LogP contribution in [-0.2, 0) is 6.54 Å². The minimum Gasteiger partial charge on any atom is -0.356 e. The minimum atomic E-state index is -0.239. The molecule has 0 unspecified atom stereocenters. The first-order valence-corrected chi connectivity index (χ1v) is 8.24. The van der Waals surface area contributed by atoms with Crippen molar-refractivity contribution >= 4 is 5.82 Å². The molecule has 1 aromatic rings. The highest BCUT2D eigenvalue weighted by molar-refractivity contribution is 5.47. The number of nitrogens with one attached hydrogen (secondary N) is 1. The summed E-state index contributed by atoms with van der Waals surface area (Å²) in [5.74, 6) is 2.39. The molecule has 4 heteroatoms. The first-order chi connectivity index (χ1) is 10.1. The summed E-state index contributed by atoms with van der Waals surface area (Å²) >= 11 is 0. The van der Waals surface area contributed by atoms with Crippen LogP contribution in [0.2, 0.25) is 0 Å². The molecule has 0 bridgehead atoms.